The molecule has 1 rings (SSSR count). The highest BCUT2D eigenvalue weighted by molar-refractivity contribution is 5.92. The van der Waals surface area contributed by atoms with Crippen molar-refractivity contribution in [3.8, 4) is 12.3 Å². The molecule has 0 fully saturated rings. The number of H-pyrrole nitrogens is 1. The average molecular weight is 178 g/mol. The standard InChI is InChI=1S/C8H10N4O/c1-2-3-4-10-8(13)6-5-7(9)12-11-6/h1,5H,3-4H2,(H,10,13)(H3,9,11,12). The Kier molecular flexibility index (Phi) is 2.92. The zero-order valence-electron chi connectivity index (χ0n) is 7.00. The molecular formula is C8H10N4O. The number of aromatic amines is 1. The van der Waals surface area contributed by atoms with Crippen molar-refractivity contribution in [3.63, 3.8) is 0 Å². The molecule has 0 bridgehead atoms. The van der Waals surface area contributed by atoms with Gasteiger partial charge < -0.3 is 11.1 Å². The first kappa shape index (κ1) is 9.13. The Hall–Kier alpha value is -1.96. The quantitative estimate of drug-likeness (QED) is 0.440. The Morgan fingerprint density at radius 2 is 2.62 bits per heavy atom. The van der Waals surface area contributed by atoms with Crippen LogP contribution in [0.25, 0.3) is 0 Å². The molecular weight excluding hydrogens is 168 g/mol. The summed E-state index contributed by atoms with van der Waals surface area (Å²) in [7, 11) is 0. The van der Waals surface area contributed by atoms with Crippen molar-refractivity contribution >= 4 is 11.7 Å². The predicted molar refractivity (Wildman–Crippen MR) is 48.8 cm³/mol. The van der Waals surface area contributed by atoms with Crippen molar-refractivity contribution in [2.75, 3.05) is 12.3 Å². The first-order valence-electron chi connectivity index (χ1n) is 3.76. The molecule has 0 aliphatic heterocycles. The van der Waals surface area contributed by atoms with Gasteiger partial charge in [-0.1, -0.05) is 0 Å². The van der Waals surface area contributed by atoms with E-state index in [0.29, 0.717) is 24.5 Å². The molecule has 68 valence electrons. The monoisotopic (exact) mass is 178 g/mol. The van der Waals surface area contributed by atoms with Gasteiger partial charge in [0, 0.05) is 19.0 Å². The van der Waals surface area contributed by atoms with Gasteiger partial charge in [-0.15, -0.1) is 12.3 Å². The van der Waals surface area contributed by atoms with Crippen LogP contribution < -0.4 is 11.1 Å². The van der Waals surface area contributed by atoms with E-state index >= 15 is 0 Å². The molecule has 0 saturated heterocycles. The van der Waals surface area contributed by atoms with Gasteiger partial charge in [0.05, 0.1) is 0 Å². The lowest BCUT2D eigenvalue weighted by molar-refractivity contribution is 0.0949. The highest BCUT2D eigenvalue weighted by atomic mass is 16.1. The third-order valence-electron chi connectivity index (χ3n) is 1.40. The van der Waals surface area contributed by atoms with E-state index in [1.54, 1.807) is 0 Å². The normalized spacial score (nSPS) is 9.15. The Balaban J connectivity index is 2.45. The van der Waals surface area contributed by atoms with Gasteiger partial charge in [0.1, 0.15) is 11.5 Å². The number of nitrogen functional groups attached to an aromatic ring is 1. The van der Waals surface area contributed by atoms with Crippen LogP contribution in [0.5, 0.6) is 0 Å². The molecule has 13 heavy (non-hydrogen) atoms. The lowest BCUT2D eigenvalue weighted by atomic mass is 10.3. The fourth-order valence-electron chi connectivity index (χ4n) is 0.797. The van der Waals surface area contributed by atoms with Crippen LogP contribution in [0.15, 0.2) is 6.07 Å². The van der Waals surface area contributed by atoms with E-state index in [4.69, 9.17) is 12.2 Å². The average Bonchev–Trinajstić information content (AvgIpc) is 2.52. The Labute approximate surface area is 75.7 Å². The third kappa shape index (κ3) is 2.52. The highest BCUT2D eigenvalue weighted by Gasteiger charge is 2.06. The summed E-state index contributed by atoms with van der Waals surface area (Å²) in [6.07, 6.45) is 5.53. The second-order valence-corrected chi connectivity index (χ2v) is 2.42. The molecule has 0 aliphatic carbocycles. The van der Waals surface area contributed by atoms with Gasteiger partial charge in [0.2, 0.25) is 0 Å². The Bertz CT molecular complexity index is 336. The number of hydrogen-bond acceptors (Lipinski definition) is 3. The molecule has 0 unspecified atom stereocenters. The molecule has 0 radical (unpaired) electrons. The number of amides is 1. The molecule has 1 heterocycles. The molecule has 1 aromatic heterocycles. The van der Waals surface area contributed by atoms with Gasteiger partial charge in [-0.3, -0.25) is 9.89 Å². The fraction of sp³-hybridized carbons (Fsp3) is 0.250. The Morgan fingerprint density at radius 1 is 1.85 bits per heavy atom. The molecule has 5 nitrogen and oxygen atoms in total. The van der Waals surface area contributed by atoms with Crippen molar-refractivity contribution < 1.29 is 4.79 Å². The minimum atomic E-state index is -0.251. The fourth-order valence-corrected chi connectivity index (χ4v) is 0.797. The molecule has 0 aromatic carbocycles. The van der Waals surface area contributed by atoms with Crippen molar-refractivity contribution in [1.82, 2.24) is 15.5 Å². The first-order chi connectivity index (χ1) is 6.24. The van der Waals surface area contributed by atoms with Gasteiger partial charge >= 0.3 is 0 Å². The topological polar surface area (TPSA) is 83.8 Å². The molecule has 0 atom stereocenters. The lowest BCUT2D eigenvalue weighted by Crippen LogP contribution is -2.24. The van der Waals surface area contributed by atoms with E-state index < -0.39 is 0 Å². The van der Waals surface area contributed by atoms with E-state index in [-0.39, 0.29) is 5.91 Å². The van der Waals surface area contributed by atoms with E-state index in [1.807, 2.05) is 0 Å². The number of carbonyl (C=O) groups excluding carboxylic acids is 1. The number of nitrogens with two attached hydrogens (primary N) is 1. The zero-order valence-corrected chi connectivity index (χ0v) is 7.00. The smallest absolute Gasteiger partial charge is 0.269 e. The predicted octanol–water partition coefficient (Wildman–Crippen LogP) is -0.255. The summed E-state index contributed by atoms with van der Waals surface area (Å²) in [4.78, 5) is 11.2. The lowest BCUT2D eigenvalue weighted by Gasteiger charge is -1.98. The summed E-state index contributed by atoms with van der Waals surface area (Å²) in [5.41, 5.74) is 5.66. The number of carbonyl (C=O) groups is 1. The molecule has 5 heteroatoms. The molecule has 0 aliphatic rings. The maximum Gasteiger partial charge on any atom is 0.269 e. The van der Waals surface area contributed by atoms with E-state index in [2.05, 4.69) is 21.4 Å². The molecule has 0 saturated carbocycles. The third-order valence-corrected chi connectivity index (χ3v) is 1.40. The maximum absolute atomic E-state index is 11.2. The van der Waals surface area contributed by atoms with Gasteiger partial charge in [0.15, 0.2) is 0 Å². The maximum atomic E-state index is 11.2. The number of terminal acetylenes is 1. The summed E-state index contributed by atoms with van der Waals surface area (Å²) in [5, 5.41) is 8.72. The van der Waals surface area contributed by atoms with Crippen LogP contribution in [-0.2, 0) is 0 Å². The van der Waals surface area contributed by atoms with Gasteiger partial charge in [-0.25, -0.2) is 0 Å². The Morgan fingerprint density at radius 3 is 3.15 bits per heavy atom. The first-order valence-corrected chi connectivity index (χ1v) is 3.76. The van der Waals surface area contributed by atoms with Crippen LogP contribution in [0.3, 0.4) is 0 Å². The molecule has 0 spiro atoms. The second-order valence-electron chi connectivity index (χ2n) is 2.42. The number of rotatable bonds is 3. The summed E-state index contributed by atoms with van der Waals surface area (Å²) >= 11 is 0. The number of nitrogens with zero attached hydrogens (tertiary/aromatic N) is 1. The van der Waals surface area contributed by atoms with E-state index in [9.17, 15) is 4.79 Å². The van der Waals surface area contributed by atoms with Crippen molar-refractivity contribution in [1.29, 1.82) is 0 Å². The second kappa shape index (κ2) is 4.16. The van der Waals surface area contributed by atoms with Crippen LogP contribution in [-0.4, -0.2) is 22.6 Å². The number of hydrogen-bond donors (Lipinski definition) is 3. The summed E-state index contributed by atoms with van der Waals surface area (Å²) < 4.78 is 0. The van der Waals surface area contributed by atoms with Crippen LogP contribution in [0.2, 0.25) is 0 Å². The van der Waals surface area contributed by atoms with Crippen LogP contribution >= 0.6 is 0 Å². The minimum Gasteiger partial charge on any atom is -0.382 e. The van der Waals surface area contributed by atoms with E-state index in [1.165, 1.54) is 6.07 Å². The summed E-state index contributed by atoms with van der Waals surface area (Å²) in [5.74, 6) is 2.46. The minimum absolute atomic E-state index is 0.251. The van der Waals surface area contributed by atoms with Crippen LogP contribution in [0.1, 0.15) is 16.9 Å². The van der Waals surface area contributed by atoms with Gasteiger partial charge in [-0.05, 0) is 0 Å². The summed E-state index contributed by atoms with van der Waals surface area (Å²) in [6.45, 7) is 0.453. The van der Waals surface area contributed by atoms with Crippen molar-refractivity contribution in [2.24, 2.45) is 0 Å². The number of anilines is 1. The van der Waals surface area contributed by atoms with Crippen molar-refractivity contribution in [3.05, 3.63) is 11.8 Å². The van der Waals surface area contributed by atoms with Gasteiger partial charge in [0.25, 0.3) is 5.91 Å². The van der Waals surface area contributed by atoms with Crippen molar-refractivity contribution in [2.45, 2.75) is 6.42 Å². The number of nitrogens with one attached hydrogen (secondary N) is 2. The van der Waals surface area contributed by atoms with Crippen LogP contribution in [0.4, 0.5) is 5.82 Å². The molecule has 1 amide bonds. The SMILES string of the molecule is C#CCCNC(=O)c1cc(N)n[nH]1. The number of aromatic nitrogens is 2. The largest absolute Gasteiger partial charge is 0.382 e. The van der Waals surface area contributed by atoms with E-state index in [0.717, 1.165) is 0 Å². The zero-order chi connectivity index (χ0) is 9.68. The summed E-state index contributed by atoms with van der Waals surface area (Å²) in [6, 6.07) is 1.46. The molecule has 4 N–H and O–H groups in total. The molecule has 1 aromatic rings. The van der Waals surface area contributed by atoms with Gasteiger partial charge in [-0.2, -0.15) is 5.10 Å². The van der Waals surface area contributed by atoms with Crippen LogP contribution in [0, 0.1) is 12.3 Å². The highest BCUT2D eigenvalue weighted by Crippen LogP contribution is 1.99.